The van der Waals surface area contributed by atoms with Crippen LogP contribution in [0.2, 0.25) is 0 Å². The van der Waals surface area contributed by atoms with Gasteiger partial charge in [0, 0.05) is 5.57 Å². The first kappa shape index (κ1) is 18.4. The SMILES string of the molecule is CO\C=C(C(=O)OC)/C(C)=C(\C=C\c1cccc(OC)c1)OC. The van der Waals surface area contributed by atoms with Gasteiger partial charge in [0.1, 0.15) is 17.1 Å². The van der Waals surface area contributed by atoms with E-state index in [9.17, 15) is 4.79 Å². The fraction of sp³-hybridized carbons (Fsp3) is 0.278. The molecule has 5 nitrogen and oxygen atoms in total. The van der Waals surface area contributed by atoms with Crippen molar-refractivity contribution in [1.29, 1.82) is 0 Å². The van der Waals surface area contributed by atoms with Crippen LogP contribution in [0.25, 0.3) is 6.08 Å². The van der Waals surface area contributed by atoms with Gasteiger partial charge in [0.25, 0.3) is 0 Å². The number of ether oxygens (including phenoxy) is 4. The highest BCUT2D eigenvalue weighted by Gasteiger charge is 2.16. The first-order valence-electron chi connectivity index (χ1n) is 6.96. The van der Waals surface area contributed by atoms with Gasteiger partial charge >= 0.3 is 5.97 Å². The Morgan fingerprint density at radius 3 is 2.39 bits per heavy atom. The second-order valence-corrected chi connectivity index (χ2v) is 4.56. The summed E-state index contributed by atoms with van der Waals surface area (Å²) in [6.45, 7) is 1.76. The zero-order valence-electron chi connectivity index (χ0n) is 14.1. The van der Waals surface area contributed by atoms with Crippen molar-refractivity contribution in [3.8, 4) is 5.75 Å². The molecule has 0 aromatic heterocycles. The Morgan fingerprint density at radius 2 is 1.83 bits per heavy atom. The molecule has 0 aliphatic heterocycles. The van der Waals surface area contributed by atoms with Crippen molar-refractivity contribution in [2.45, 2.75) is 6.92 Å². The van der Waals surface area contributed by atoms with Gasteiger partial charge in [-0.25, -0.2) is 4.79 Å². The number of methoxy groups -OCH3 is 4. The molecule has 0 spiro atoms. The van der Waals surface area contributed by atoms with Crippen LogP contribution in [-0.4, -0.2) is 34.4 Å². The number of hydrogen-bond acceptors (Lipinski definition) is 5. The van der Waals surface area contributed by atoms with Gasteiger partial charge in [0.15, 0.2) is 0 Å². The highest BCUT2D eigenvalue weighted by atomic mass is 16.5. The topological polar surface area (TPSA) is 54.0 Å². The Kier molecular flexibility index (Phi) is 7.47. The lowest BCUT2D eigenvalue weighted by molar-refractivity contribution is -0.136. The lowest BCUT2D eigenvalue weighted by Crippen LogP contribution is -2.08. The number of allylic oxidation sites excluding steroid dienone is 1. The number of hydrogen-bond donors (Lipinski definition) is 0. The van der Waals surface area contributed by atoms with E-state index in [0.29, 0.717) is 16.9 Å². The molecule has 5 heteroatoms. The summed E-state index contributed by atoms with van der Waals surface area (Å²) in [5.74, 6) is 0.802. The van der Waals surface area contributed by atoms with Gasteiger partial charge in [0.2, 0.25) is 0 Å². The van der Waals surface area contributed by atoms with Crippen LogP contribution in [0.3, 0.4) is 0 Å². The van der Waals surface area contributed by atoms with Crippen molar-refractivity contribution in [2.75, 3.05) is 28.4 Å². The van der Waals surface area contributed by atoms with Crippen LogP contribution < -0.4 is 4.74 Å². The Bertz CT molecular complexity index is 626. The molecule has 0 N–H and O–H groups in total. The van der Waals surface area contributed by atoms with E-state index in [4.69, 9.17) is 18.9 Å². The molecule has 0 heterocycles. The molecule has 0 saturated heterocycles. The van der Waals surface area contributed by atoms with Gasteiger partial charge < -0.3 is 18.9 Å². The summed E-state index contributed by atoms with van der Waals surface area (Å²) < 4.78 is 20.3. The van der Waals surface area contributed by atoms with E-state index in [1.54, 1.807) is 20.1 Å². The van der Waals surface area contributed by atoms with Crippen LogP contribution in [0.4, 0.5) is 0 Å². The molecule has 1 aromatic rings. The van der Waals surface area contributed by atoms with Crippen molar-refractivity contribution in [1.82, 2.24) is 0 Å². The normalized spacial score (nSPS) is 12.7. The molecule has 1 aromatic carbocycles. The Balaban J connectivity index is 3.15. The average molecular weight is 318 g/mol. The molecule has 0 unspecified atom stereocenters. The van der Waals surface area contributed by atoms with E-state index in [1.807, 2.05) is 30.3 Å². The molecule has 0 saturated carbocycles. The highest BCUT2D eigenvalue weighted by Crippen LogP contribution is 2.20. The van der Waals surface area contributed by atoms with E-state index < -0.39 is 5.97 Å². The molecule has 1 rings (SSSR count). The molecule has 0 bridgehead atoms. The number of carbonyl (C=O) groups excluding carboxylic acids is 1. The van der Waals surface area contributed by atoms with E-state index in [-0.39, 0.29) is 0 Å². The van der Waals surface area contributed by atoms with Gasteiger partial charge in [-0.15, -0.1) is 0 Å². The largest absolute Gasteiger partial charge is 0.503 e. The predicted molar refractivity (Wildman–Crippen MR) is 88.8 cm³/mol. The standard InChI is InChI=1S/C18H22O5/c1-13(16(12-20-2)18(19)23-5)17(22-4)10-9-14-7-6-8-15(11-14)21-3/h6-12H,1-5H3/b10-9+,16-12+,17-13+. The van der Waals surface area contributed by atoms with Crippen molar-refractivity contribution in [3.05, 3.63) is 59.1 Å². The van der Waals surface area contributed by atoms with Crippen LogP contribution >= 0.6 is 0 Å². The fourth-order valence-corrected chi connectivity index (χ4v) is 1.91. The fourth-order valence-electron chi connectivity index (χ4n) is 1.91. The number of rotatable bonds is 7. The van der Waals surface area contributed by atoms with Gasteiger partial charge in [-0.1, -0.05) is 18.2 Å². The van der Waals surface area contributed by atoms with Crippen molar-refractivity contribution in [3.63, 3.8) is 0 Å². The smallest absolute Gasteiger partial charge is 0.341 e. The second-order valence-electron chi connectivity index (χ2n) is 4.56. The van der Waals surface area contributed by atoms with Gasteiger partial charge in [-0.05, 0) is 30.7 Å². The summed E-state index contributed by atoms with van der Waals surface area (Å²) in [7, 11) is 5.94. The molecule has 23 heavy (non-hydrogen) atoms. The van der Waals surface area contributed by atoms with E-state index in [0.717, 1.165) is 11.3 Å². The predicted octanol–water partition coefficient (Wildman–Crippen LogP) is 3.33. The van der Waals surface area contributed by atoms with Crippen LogP contribution in [0.15, 0.2) is 53.5 Å². The summed E-state index contributed by atoms with van der Waals surface area (Å²) in [5, 5.41) is 0. The van der Waals surface area contributed by atoms with Crippen molar-refractivity contribution < 1.29 is 23.7 Å². The van der Waals surface area contributed by atoms with Gasteiger partial charge in [0.05, 0.1) is 34.7 Å². The molecule has 0 fully saturated rings. The third kappa shape index (κ3) is 5.21. The summed E-state index contributed by atoms with van der Waals surface area (Å²) in [6.07, 6.45) is 4.97. The van der Waals surface area contributed by atoms with Crippen molar-refractivity contribution in [2.24, 2.45) is 0 Å². The van der Waals surface area contributed by atoms with E-state index >= 15 is 0 Å². The van der Waals surface area contributed by atoms with Crippen LogP contribution in [0.1, 0.15) is 12.5 Å². The van der Waals surface area contributed by atoms with E-state index in [2.05, 4.69) is 0 Å². The Labute approximate surface area is 136 Å². The minimum Gasteiger partial charge on any atom is -0.503 e. The van der Waals surface area contributed by atoms with Gasteiger partial charge in [-0.2, -0.15) is 0 Å². The number of carbonyl (C=O) groups is 1. The summed E-state index contributed by atoms with van der Waals surface area (Å²) in [6, 6.07) is 7.60. The molecule has 124 valence electrons. The molecule has 0 radical (unpaired) electrons. The zero-order chi connectivity index (χ0) is 17.2. The lowest BCUT2D eigenvalue weighted by Gasteiger charge is -2.10. The maximum Gasteiger partial charge on any atom is 0.341 e. The lowest BCUT2D eigenvalue weighted by atomic mass is 10.1. The molecule has 0 aliphatic carbocycles. The maximum absolute atomic E-state index is 11.8. The molecule has 0 aliphatic rings. The van der Waals surface area contributed by atoms with Crippen LogP contribution in [0, 0.1) is 0 Å². The van der Waals surface area contributed by atoms with Crippen molar-refractivity contribution >= 4 is 12.0 Å². The second kappa shape index (κ2) is 9.35. The molecular weight excluding hydrogens is 296 g/mol. The Morgan fingerprint density at radius 1 is 1.09 bits per heavy atom. The summed E-state index contributed by atoms with van der Waals surface area (Å²) in [5.41, 5.74) is 1.85. The third-order valence-corrected chi connectivity index (χ3v) is 3.16. The number of benzene rings is 1. The molecular formula is C18H22O5. The monoisotopic (exact) mass is 318 g/mol. The van der Waals surface area contributed by atoms with Gasteiger partial charge in [-0.3, -0.25) is 0 Å². The first-order chi connectivity index (χ1) is 11.1. The minimum atomic E-state index is -0.492. The zero-order valence-corrected chi connectivity index (χ0v) is 14.1. The summed E-state index contributed by atoms with van der Waals surface area (Å²) in [4.78, 5) is 11.8. The first-order valence-corrected chi connectivity index (χ1v) is 6.96. The third-order valence-electron chi connectivity index (χ3n) is 3.16. The molecule has 0 atom stereocenters. The summed E-state index contributed by atoms with van der Waals surface area (Å²) >= 11 is 0. The average Bonchev–Trinajstić information content (AvgIpc) is 2.59. The van der Waals surface area contributed by atoms with Crippen LogP contribution in [-0.2, 0) is 19.0 Å². The van der Waals surface area contributed by atoms with Crippen LogP contribution in [0.5, 0.6) is 5.75 Å². The van der Waals surface area contributed by atoms with E-state index in [1.165, 1.54) is 27.6 Å². The quantitative estimate of drug-likeness (QED) is 0.334. The maximum atomic E-state index is 11.8. The highest BCUT2D eigenvalue weighted by molar-refractivity contribution is 5.93. The Hall–Kier alpha value is -2.69. The number of esters is 1. The minimum absolute atomic E-state index is 0.294. The molecule has 0 amide bonds.